The molecule has 0 fully saturated rings. The molecule has 1 aromatic rings. The van der Waals surface area contributed by atoms with E-state index in [0.29, 0.717) is 19.8 Å². The number of thiophene rings is 1. The minimum Gasteiger partial charge on any atom is -0.481 e. The maximum atomic E-state index is 5.83. The Balaban J connectivity index is 2.20. The van der Waals surface area contributed by atoms with Gasteiger partial charge in [0.1, 0.15) is 6.61 Å². The monoisotopic (exact) mass is 297 g/mol. The zero-order chi connectivity index (χ0) is 13.8. The van der Waals surface area contributed by atoms with E-state index in [1.54, 1.807) is 17.5 Å². The van der Waals surface area contributed by atoms with Crippen molar-refractivity contribution in [3.05, 3.63) is 27.8 Å². The first-order valence-electron chi connectivity index (χ1n) is 6.47. The second-order valence-corrected chi connectivity index (χ2v) is 5.96. The third-order valence-corrected chi connectivity index (χ3v) is 4.73. The zero-order valence-electron chi connectivity index (χ0n) is 11.3. The smallest absolute Gasteiger partial charge is 0.183 e. The topological polar surface area (TPSA) is 44.5 Å². The lowest BCUT2D eigenvalue weighted by atomic mass is 9.90. The number of thiocarbonyl (C=S) groups is 1. The molecule has 3 nitrogen and oxygen atoms in total. The fourth-order valence-corrected chi connectivity index (χ4v) is 3.74. The van der Waals surface area contributed by atoms with Crippen molar-refractivity contribution >= 4 is 28.4 Å². The van der Waals surface area contributed by atoms with Gasteiger partial charge in [-0.05, 0) is 44.0 Å². The van der Waals surface area contributed by atoms with Gasteiger partial charge in [0.15, 0.2) is 5.06 Å². The summed E-state index contributed by atoms with van der Waals surface area (Å²) in [4.78, 5) is 2.14. The normalized spacial score (nSPS) is 16.7. The van der Waals surface area contributed by atoms with Crippen molar-refractivity contribution in [1.82, 2.24) is 0 Å². The van der Waals surface area contributed by atoms with E-state index in [1.807, 2.05) is 6.92 Å². The van der Waals surface area contributed by atoms with Gasteiger partial charge < -0.3 is 15.2 Å². The van der Waals surface area contributed by atoms with Crippen molar-refractivity contribution in [3.8, 4) is 5.06 Å². The van der Waals surface area contributed by atoms with Crippen LogP contribution in [0.15, 0.2) is 11.8 Å². The molecule has 2 rings (SSSR count). The van der Waals surface area contributed by atoms with Gasteiger partial charge in [-0.25, -0.2) is 0 Å². The van der Waals surface area contributed by atoms with Gasteiger partial charge in [0.2, 0.25) is 0 Å². The molecule has 0 aromatic carbocycles. The third kappa shape index (κ3) is 2.99. The first-order valence-corrected chi connectivity index (χ1v) is 7.69. The standard InChI is InChI=1S/C14H19NO2S2/c1-3-16-6-7-17-14-12-11(9(2)19-14)5-4-10(8-15)13(12)18/h8H,3-7,15H2,1-2H3. The average Bonchev–Trinajstić information content (AvgIpc) is 2.73. The molecule has 0 radical (unpaired) electrons. The number of ether oxygens (including phenoxy) is 2. The number of hydrogen-bond acceptors (Lipinski definition) is 5. The van der Waals surface area contributed by atoms with Crippen LogP contribution in [0.5, 0.6) is 5.06 Å². The highest BCUT2D eigenvalue weighted by molar-refractivity contribution is 7.81. The minimum absolute atomic E-state index is 0.560. The van der Waals surface area contributed by atoms with Crippen LogP contribution in [0.4, 0.5) is 0 Å². The molecule has 0 amide bonds. The summed E-state index contributed by atoms with van der Waals surface area (Å²) in [6.45, 7) is 5.98. The number of aryl methyl sites for hydroxylation is 1. The molecule has 104 valence electrons. The fraction of sp³-hybridized carbons (Fsp3) is 0.500. The molecule has 0 saturated carbocycles. The predicted molar refractivity (Wildman–Crippen MR) is 83.3 cm³/mol. The van der Waals surface area contributed by atoms with E-state index >= 15 is 0 Å². The summed E-state index contributed by atoms with van der Waals surface area (Å²) in [5, 5.41) is 0.913. The van der Waals surface area contributed by atoms with E-state index in [2.05, 4.69) is 6.92 Å². The van der Waals surface area contributed by atoms with Crippen LogP contribution in [0.1, 0.15) is 29.3 Å². The summed E-state index contributed by atoms with van der Waals surface area (Å²) in [5.74, 6) is 0. The number of hydrogen-bond donors (Lipinski definition) is 1. The van der Waals surface area contributed by atoms with Crippen molar-refractivity contribution in [3.63, 3.8) is 0 Å². The Morgan fingerprint density at radius 1 is 1.37 bits per heavy atom. The number of nitrogens with two attached hydrogens (primary N) is 1. The Kier molecular flexibility index (Phi) is 4.96. The molecule has 0 aliphatic heterocycles. The minimum atomic E-state index is 0.560. The summed E-state index contributed by atoms with van der Waals surface area (Å²) in [6, 6.07) is 0. The van der Waals surface area contributed by atoms with E-state index in [9.17, 15) is 0 Å². The largest absolute Gasteiger partial charge is 0.481 e. The maximum Gasteiger partial charge on any atom is 0.183 e. The fourth-order valence-electron chi connectivity index (χ4n) is 2.21. The summed E-state index contributed by atoms with van der Waals surface area (Å²) in [5.41, 5.74) is 9.10. The van der Waals surface area contributed by atoms with Crippen LogP contribution in [0, 0.1) is 6.92 Å². The Hall–Kier alpha value is -0.910. The molecule has 1 aliphatic carbocycles. The maximum absolute atomic E-state index is 5.83. The van der Waals surface area contributed by atoms with Gasteiger partial charge in [-0.15, -0.1) is 11.3 Å². The van der Waals surface area contributed by atoms with Crippen LogP contribution in [0.25, 0.3) is 0 Å². The molecule has 2 N–H and O–H groups in total. The molecule has 0 unspecified atom stereocenters. The van der Waals surface area contributed by atoms with Crippen LogP contribution in [-0.2, 0) is 11.2 Å². The van der Waals surface area contributed by atoms with Gasteiger partial charge in [0.05, 0.1) is 17.0 Å². The van der Waals surface area contributed by atoms with Crippen LogP contribution in [-0.4, -0.2) is 24.7 Å². The van der Waals surface area contributed by atoms with E-state index in [4.69, 9.17) is 27.4 Å². The molecule has 0 saturated heterocycles. The summed E-state index contributed by atoms with van der Waals surface area (Å²) in [6.07, 6.45) is 3.55. The van der Waals surface area contributed by atoms with Crippen LogP contribution >= 0.6 is 23.6 Å². The van der Waals surface area contributed by atoms with Crippen molar-refractivity contribution < 1.29 is 9.47 Å². The van der Waals surface area contributed by atoms with Crippen molar-refractivity contribution in [2.75, 3.05) is 19.8 Å². The van der Waals surface area contributed by atoms with Gasteiger partial charge in [0, 0.05) is 11.5 Å². The van der Waals surface area contributed by atoms with E-state index < -0.39 is 0 Å². The average molecular weight is 297 g/mol. The van der Waals surface area contributed by atoms with Crippen molar-refractivity contribution in [1.29, 1.82) is 0 Å². The Bertz CT molecular complexity index is 506. The summed E-state index contributed by atoms with van der Waals surface area (Å²) >= 11 is 7.20. The molecule has 1 heterocycles. The lowest BCUT2D eigenvalue weighted by Crippen LogP contribution is -2.15. The lowest BCUT2D eigenvalue weighted by molar-refractivity contribution is 0.111. The van der Waals surface area contributed by atoms with Gasteiger partial charge in [-0.1, -0.05) is 12.2 Å². The Morgan fingerprint density at radius 3 is 2.84 bits per heavy atom. The van der Waals surface area contributed by atoms with Crippen LogP contribution in [0.2, 0.25) is 0 Å². The highest BCUT2D eigenvalue weighted by Crippen LogP contribution is 2.41. The molecule has 0 bridgehead atoms. The van der Waals surface area contributed by atoms with Crippen molar-refractivity contribution in [2.45, 2.75) is 26.7 Å². The first kappa shape index (κ1) is 14.5. The predicted octanol–water partition coefficient (Wildman–Crippen LogP) is 2.98. The van der Waals surface area contributed by atoms with Gasteiger partial charge in [0.25, 0.3) is 0 Å². The quantitative estimate of drug-likeness (QED) is 0.515. The third-order valence-electron chi connectivity index (χ3n) is 3.21. The molecule has 5 heteroatoms. The van der Waals surface area contributed by atoms with Crippen LogP contribution in [0.3, 0.4) is 0 Å². The zero-order valence-corrected chi connectivity index (χ0v) is 13.0. The second kappa shape index (κ2) is 6.50. The molecular weight excluding hydrogens is 278 g/mol. The van der Waals surface area contributed by atoms with E-state index in [1.165, 1.54) is 10.4 Å². The Labute approximate surface area is 123 Å². The molecule has 1 aliphatic rings. The lowest BCUT2D eigenvalue weighted by Gasteiger charge is -2.18. The van der Waals surface area contributed by atoms with Gasteiger partial charge in [-0.2, -0.15) is 0 Å². The molecule has 19 heavy (non-hydrogen) atoms. The highest BCUT2D eigenvalue weighted by atomic mass is 32.1. The number of rotatable bonds is 5. The van der Waals surface area contributed by atoms with E-state index in [0.717, 1.165) is 33.9 Å². The molecular formula is C14H19NO2S2. The van der Waals surface area contributed by atoms with Crippen LogP contribution < -0.4 is 10.5 Å². The highest BCUT2D eigenvalue weighted by Gasteiger charge is 2.26. The molecule has 0 spiro atoms. The molecule has 0 atom stereocenters. The second-order valence-electron chi connectivity index (χ2n) is 4.37. The molecule has 1 aromatic heterocycles. The van der Waals surface area contributed by atoms with E-state index in [-0.39, 0.29) is 0 Å². The van der Waals surface area contributed by atoms with Gasteiger partial charge >= 0.3 is 0 Å². The number of allylic oxidation sites excluding steroid dienone is 1. The summed E-state index contributed by atoms with van der Waals surface area (Å²) in [7, 11) is 0. The Morgan fingerprint density at radius 2 is 2.16 bits per heavy atom. The van der Waals surface area contributed by atoms with Crippen molar-refractivity contribution in [2.24, 2.45) is 5.73 Å². The SMILES string of the molecule is CCOCCOc1sc(C)c2c1C(=S)C(=CN)CC2. The first-order chi connectivity index (χ1) is 9.19. The summed E-state index contributed by atoms with van der Waals surface area (Å²) < 4.78 is 11.1. The number of fused-ring (bicyclic) bond motifs is 1. The van der Waals surface area contributed by atoms with Gasteiger partial charge in [-0.3, -0.25) is 0 Å².